The molecule has 0 aromatic heterocycles. The maximum absolute atomic E-state index is 12.4. The van der Waals surface area contributed by atoms with Crippen molar-refractivity contribution in [2.24, 2.45) is 5.10 Å². The molecule has 0 spiro atoms. The summed E-state index contributed by atoms with van der Waals surface area (Å²) in [7, 11) is -3.68. The molecule has 4 nitrogen and oxygen atoms in total. The van der Waals surface area contributed by atoms with Crippen LogP contribution in [0.4, 0.5) is 0 Å². The van der Waals surface area contributed by atoms with E-state index in [1.54, 1.807) is 19.1 Å². The fraction of sp³-hybridized carbons (Fsp3) is 0.0952. The van der Waals surface area contributed by atoms with Crippen molar-refractivity contribution in [3.8, 4) is 11.1 Å². The zero-order chi connectivity index (χ0) is 18.6. The van der Waals surface area contributed by atoms with Crippen molar-refractivity contribution in [2.45, 2.75) is 18.7 Å². The van der Waals surface area contributed by atoms with E-state index in [-0.39, 0.29) is 4.90 Å². The molecule has 0 saturated heterocycles. The Hall–Kier alpha value is -2.92. The second-order valence-electron chi connectivity index (χ2n) is 6.11. The smallest absolute Gasteiger partial charge is 0.200 e. The van der Waals surface area contributed by atoms with E-state index < -0.39 is 10.0 Å². The molecule has 26 heavy (non-hydrogen) atoms. The summed E-state index contributed by atoms with van der Waals surface area (Å²) in [6.45, 7) is 3.62. The molecule has 0 aliphatic rings. The number of nitrogens with one attached hydrogen (secondary N) is 1. The zero-order valence-electron chi connectivity index (χ0n) is 14.7. The molecule has 3 rings (SSSR count). The van der Waals surface area contributed by atoms with Crippen LogP contribution in [-0.4, -0.2) is 14.6 Å². The van der Waals surface area contributed by atoms with Crippen LogP contribution in [0.5, 0.6) is 0 Å². The minimum absolute atomic E-state index is 0.245. The van der Waals surface area contributed by atoms with Gasteiger partial charge in [-0.3, -0.25) is 0 Å². The molecule has 0 unspecified atom stereocenters. The Morgan fingerprint density at radius 2 is 1.50 bits per heavy atom. The minimum Gasteiger partial charge on any atom is -0.200 e. The molecule has 132 valence electrons. The Kier molecular flexibility index (Phi) is 5.19. The molecule has 0 radical (unpaired) electrons. The summed E-state index contributed by atoms with van der Waals surface area (Å²) >= 11 is 0. The van der Waals surface area contributed by atoms with Crippen LogP contribution in [-0.2, 0) is 10.0 Å². The summed E-state index contributed by atoms with van der Waals surface area (Å²) in [5, 5.41) is 3.90. The van der Waals surface area contributed by atoms with Crippen LogP contribution < -0.4 is 4.83 Å². The molecule has 1 N–H and O–H groups in total. The van der Waals surface area contributed by atoms with Crippen molar-refractivity contribution in [3.05, 3.63) is 89.5 Å². The fourth-order valence-corrected chi connectivity index (χ4v) is 3.73. The van der Waals surface area contributed by atoms with Crippen LogP contribution in [0.25, 0.3) is 11.1 Å². The van der Waals surface area contributed by atoms with Gasteiger partial charge in [0, 0.05) is 0 Å². The highest BCUT2D eigenvalue weighted by molar-refractivity contribution is 7.89. The molecule has 0 aliphatic carbocycles. The van der Waals surface area contributed by atoms with Crippen molar-refractivity contribution >= 4 is 16.2 Å². The van der Waals surface area contributed by atoms with Crippen molar-refractivity contribution in [1.82, 2.24) is 4.83 Å². The Labute approximate surface area is 154 Å². The summed E-state index contributed by atoms with van der Waals surface area (Å²) < 4.78 is 24.8. The summed E-state index contributed by atoms with van der Waals surface area (Å²) in [6.07, 6.45) is 1.50. The first kappa shape index (κ1) is 17.9. The lowest BCUT2D eigenvalue weighted by Crippen LogP contribution is -2.19. The summed E-state index contributed by atoms with van der Waals surface area (Å²) in [4.78, 5) is 2.52. The van der Waals surface area contributed by atoms with Gasteiger partial charge in [-0.05, 0) is 47.7 Å². The summed E-state index contributed by atoms with van der Waals surface area (Å²) in [5.74, 6) is 0. The first-order valence-electron chi connectivity index (χ1n) is 8.23. The molecule has 0 saturated carbocycles. The van der Waals surface area contributed by atoms with Gasteiger partial charge in [0.15, 0.2) is 0 Å². The van der Waals surface area contributed by atoms with Gasteiger partial charge in [0.05, 0.1) is 11.1 Å². The van der Waals surface area contributed by atoms with Crippen LogP contribution in [0.3, 0.4) is 0 Å². The van der Waals surface area contributed by atoms with E-state index in [1.165, 1.54) is 6.21 Å². The number of aryl methyl sites for hydroxylation is 2. The SMILES string of the molecule is Cc1ccc(C)c(S(=O)(=O)N/N=C\c2ccc(-c3ccccc3)cc2)c1. The van der Waals surface area contributed by atoms with Gasteiger partial charge in [0.2, 0.25) is 0 Å². The minimum atomic E-state index is -3.68. The number of hydrazone groups is 1. The molecule has 0 amide bonds. The third-order valence-electron chi connectivity index (χ3n) is 4.04. The monoisotopic (exact) mass is 364 g/mol. The molecule has 0 bridgehead atoms. The van der Waals surface area contributed by atoms with Gasteiger partial charge in [-0.25, -0.2) is 4.83 Å². The van der Waals surface area contributed by atoms with Gasteiger partial charge in [-0.1, -0.05) is 66.7 Å². The van der Waals surface area contributed by atoms with E-state index in [4.69, 9.17) is 0 Å². The number of nitrogens with zero attached hydrogens (tertiary/aromatic N) is 1. The lowest BCUT2D eigenvalue weighted by atomic mass is 10.0. The summed E-state index contributed by atoms with van der Waals surface area (Å²) in [6, 6.07) is 23.1. The van der Waals surface area contributed by atoms with E-state index in [0.29, 0.717) is 5.56 Å². The average Bonchev–Trinajstić information content (AvgIpc) is 2.65. The topological polar surface area (TPSA) is 58.5 Å². The Balaban J connectivity index is 1.73. The first-order valence-corrected chi connectivity index (χ1v) is 9.72. The predicted molar refractivity (Wildman–Crippen MR) is 106 cm³/mol. The van der Waals surface area contributed by atoms with Crippen LogP contribution in [0.1, 0.15) is 16.7 Å². The van der Waals surface area contributed by atoms with E-state index in [0.717, 1.165) is 22.3 Å². The van der Waals surface area contributed by atoms with Crippen molar-refractivity contribution < 1.29 is 8.42 Å². The lowest BCUT2D eigenvalue weighted by molar-refractivity contribution is 0.584. The van der Waals surface area contributed by atoms with Crippen LogP contribution in [0.15, 0.2) is 82.8 Å². The molecular formula is C21H20N2O2S. The van der Waals surface area contributed by atoms with Gasteiger partial charge in [-0.15, -0.1) is 0 Å². The highest BCUT2D eigenvalue weighted by atomic mass is 32.2. The highest BCUT2D eigenvalue weighted by Gasteiger charge is 2.15. The van der Waals surface area contributed by atoms with Crippen molar-refractivity contribution in [1.29, 1.82) is 0 Å². The largest absolute Gasteiger partial charge is 0.276 e. The van der Waals surface area contributed by atoms with Gasteiger partial charge in [0.1, 0.15) is 0 Å². The van der Waals surface area contributed by atoms with Crippen molar-refractivity contribution in [3.63, 3.8) is 0 Å². The Morgan fingerprint density at radius 3 is 2.19 bits per heavy atom. The molecule has 3 aromatic rings. The second-order valence-corrected chi connectivity index (χ2v) is 7.74. The van der Waals surface area contributed by atoms with Gasteiger partial charge in [0.25, 0.3) is 10.0 Å². The summed E-state index contributed by atoms with van der Waals surface area (Å²) in [5.41, 5.74) is 4.61. The predicted octanol–water partition coefficient (Wildman–Crippen LogP) is 4.28. The quantitative estimate of drug-likeness (QED) is 0.542. The molecule has 0 atom stereocenters. The number of hydrogen-bond donors (Lipinski definition) is 1. The van der Waals surface area contributed by atoms with Crippen LogP contribution in [0.2, 0.25) is 0 Å². The maximum Gasteiger partial charge on any atom is 0.276 e. The normalized spacial score (nSPS) is 11.6. The zero-order valence-corrected chi connectivity index (χ0v) is 15.5. The third kappa shape index (κ3) is 4.18. The van der Waals surface area contributed by atoms with E-state index >= 15 is 0 Å². The number of sulfonamides is 1. The van der Waals surface area contributed by atoms with Crippen LogP contribution >= 0.6 is 0 Å². The Morgan fingerprint density at radius 1 is 0.846 bits per heavy atom. The second kappa shape index (κ2) is 7.54. The maximum atomic E-state index is 12.4. The van der Waals surface area contributed by atoms with Gasteiger partial charge in [-0.2, -0.15) is 13.5 Å². The fourth-order valence-electron chi connectivity index (χ4n) is 2.61. The standard InChI is InChI=1S/C21H20N2O2S/c1-16-8-9-17(2)21(14-16)26(24,25)23-22-15-18-10-12-20(13-11-18)19-6-4-3-5-7-19/h3-15,23H,1-2H3/b22-15-. The number of hydrogen-bond acceptors (Lipinski definition) is 3. The molecular weight excluding hydrogens is 344 g/mol. The molecule has 0 heterocycles. The van der Waals surface area contributed by atoms with E-state index in [2.05, 4.69) is 9.93 Å². The first-order chi connectivity index (χ1) is 12.5. The average molecular weight is 364 g/mol. The van der Waals surface area contributed by atoms with Gasteiger partial charge >= 0.3 is 0 Å². The number of benzene rings is 3. The molecule has 5 heteroatoms. The van der Waals surface area contributed by atoms with E-state index in [1.807, 2.05) is 67.6 Å². The molecule has 0 aliphatic heterocycles. The van der Waals surface area contributed by atoms with Crippen molar-refractivity contribution in [2.75, 3.05) is 0 Å². The molecule has 3 aromatic carbocycles. The third-order valence-corrected chi connectivity index (χ3v) is 5.40. The van der Waals surface area contributed by atoms with Crippen LogP contribution in [0, 0.1) is 13.8 Å². The van der Waals surface area contributed by atoms with Gasteiger partial charge < -0.3 is 0 Å². The van der Waals surface area contributed by atoms with E-state index in [9.17, 15) is 8.42 Å². The molecule has 0 fully saturated rings. The lowest BCUT2D eigenvalue weighted by Gasteiger charge is -2.07. The Bertz CT molecular complexity index is 1030. The number of rotatable bonds is 5. The highest BCUT2D eigenvalue weighted by Crippen LogP contribution is 2.19.